The molecule has 2 heteroatoms. The van der Waals surface area contributed by atoms with Crippen LogP contribution < -0.4 is 4.74 Å². The third-order valence-electron chi connectivity index (χ3n) is 3.95. The number of aryl methyl sites for hydroxylation is 2. The zero-order valence-electron chi connectivity index (χ0n) is 22.1. The molecule has 2 nitrogen and oxygen atoms in total. The molecular formula is C30H48O2. The Bertz CT molecular complexity index is 666. The third-order valence-corrected chi connectivity index (χ3v) is 3.95. The molecular weight excluding hydrogens is 392 g/mol. The van der Waals surface area contributed by atoms with Crippen molar-refractivity contribution in [1.29, 1.82) is 0 Å². The highest BCUT2D eigenvalue weighted by Gasteiger charge is 1.97. The van der Waals surface area contributed by atoms with Gasteiger partial charge in [0.25, 0.3) is 0 Å². The summed E-state index contributed by atoms with van der Waals surface area (Å²) in [4.78, 5) is 0. The van der Waals surface area contributed by atoms with Crippen LogP contribution in [-0.4, -0.2) is 12.2 Å². The fraction of sp³-hybridized carbons (Fsp3) is 0.400. The van der Waals surface area contributed by atoms with Crippen molar-refractivity contribution in [2.24, 2.45) is 0 Å². The average Bonchev–Trinajstić information content (AvgIpc) is 2.81. The lowest BCUT2D eigenvalue weighted by atomic mass is 10.0. The minimum atomic E-state index is 0.167. The first-order chi connectivity index (χ1) is 15.2. The Labute approximate surface area is 199 Å². The van der Waals surface area contributed by atoms with E-state index in [0.29, 0.717) is 5.92 Å². The molecule has 0 amide bonds. The predicted octanol–water partition coefficient (Wildman–Crippen LogP) is 9.48. The number of rotatable bonds is 5. The highest BCUT2D eigenvalue weighted by atomic mass is 16.5. The summed E-state index contributed by atoms with van der Waals surface area (Å²) in [6.45, 7) is 22.8. The van der Waals surface area contributed by atoms with Crippen LogP contribution in [0.15, 0.2) is 85.7 Å². The molecule has 2 rings (SSSR count). The number of benzene rings is 2. The van der Waals surface area contributed by atoms with E-state index in [1.807, 2.05) is 45.1 Å². The van der Waals surface area contributed by atoms with Gasteiger partial charge in [-0.3, -0.25) is 0 Å². The summed E-state index contributed by atoms with van der Waals surface area (Å²) in [7, 11) is 1.68. The van der Waals surface area contributed by atoms with Crippen LogP contribution in [0.25, 0.3) is 0 Å². The van der Waals surface area contributed by atoms with E-state index in [4.69, 9.17) is 9.84 Å². The summed E-state index contributed by atoms with van der Waals surface area (Å²) in [5.74, 6) is 1.69. The van der Waals surface area contributed by atoms with Crippen molar-refractivity contribution in [3.8, 4) is 5.75 Å². The maximum absolute atomic E-state index is 7.86. The van der Waals surface area contributed by atoms with E-state index in [1.165, 1.54) is 23.6 Å². The molecule has 2 aromatic rings. The highest BCUT2D eigenvalue weighted by molar-refractivity contribution is 5.28. The second-order valence-corrected chi connectivity index (χ2v) is 6.95. The molecule has 2 aromatic carbocycles. The van der Waals surface area contributed by atoms with E-state index in [1.54, 1.807) is 13.2 Å². The van der Waals surface area contributed by atoms with Gasteiger partial charge in [-0.1, -0.05) is 109 Å². The van der Waals surface area contributed by atoms with Gasteiger partial charge in [-0.25, -0.2) is 0 Å². The summed E-state index contributed by atoms with van der Waals surface area (Å²) in [6, 6.07) is 17.0. The summed E-state index contributed by atoms with van der Waals surface area (Å²) < 4.78 is 5.05. The van der Waals surface area contributed by atoms with Gasteiger partial charge in [0.15, 0.2) is 0 Å². The lowest BCUT2D eigenvalue weighted by Gasteiger charge is -2.05. The molecule has 0 aliphatic rings. The molecule has 180 valence electrons. The van der Waals surface area contributed by atoms with E-state index >= 15 is 0 Å². The second kappa shape index (κ2) is 24.5. The van der Waals surface area contributed by atoms with Crippen molar-refractivity contribution >= 4 is 0 Å². The highest BCUT2D eigenvalue weighted by Crippen LogP contribution is 2.17. The Hall–Kier alpha value is -2.74. The topological polar surface area (TPSA) is 29.5 Å². The molecule has 0 bridgehead atoms. The smallest absolute Gasteiger partial charge is 0.118 e. The van der Waals surface area contributed by atoms with Gasteiger partial charge < -0.3 is 9.84 Å². The predicted molar refractivity (Wildman–Crippen MR) is 146 cm³/mol. The van der Waals surface area contributed by atoms with Crippen LogP contribution in [0.5, 0.6) is 5.75 Å². The molecule has 32 heavy (non-hydrogen) atoms. The monoisotopic (exact) mass is 440 g/mol. The van der Waals surface area contributed by atoms with Gasteiger partial charge in [0.2, 0.25) is 0 Å². The largest absolute Gasteiger partial charge is 0.513 e. The Morgan fingerprint density at radius 2 is 1.31 bits per heavy atom. The zero-order valence-corrected chi connectivity index (χ0v) is 22.1. The SMILES string of the molecule is C=C(C)O.C=C/C=C\C.CC.CCc1ccc(CC)cc1.COc1ccc(C(C)C)cc1. The summed E-state index contributed by atoms with van der Waals surface area (Å²) >= 11 is 0. The molecule has 0 heterocycles. The maximum atomic E-state index is 7.86. The van der Waals surface area contributed by atoms with Crippen molar-refractivity contribution in [1.82, 2.24) is 0 Å². The lowest BCUT2D eigenvalue weighted by molar-refractivity contribution is 0.414. The van der Waals surface area contributed by atoms with Crippen LogP contribution in [0.2, 0.25) is 0 Å². The van der Waals surface area contributed by atoms with E-state index in [-0.39, 0.29) is 5.76 Å². The van der Waals surface area contributed by atoms with E-state index in [2.05, 4.69) is 77.3 Å². The van der Waals surface area contributed by atoms with Gasteiger partial charge >= 0.3 is 0 Å². The number of hydrogen-bond donors (Lipinski definition) is 1. The molecule has 0 radical (unpaired) electrons. The number of aliphatic hydroxyl groups is 1. The fourth-order valence-corrected chi connectivity index (χ4v) is 2.14. The lowest BCUT2D eigenvalue weighted by Crippen LogP contribution is -1.87. The molecule has 0 aliphatic heterocycles. The van der Waals surface area contributed by atoms with Crippen molar-refractivity contribution in [3.05, 3.63) is 102 Å². The van der Waals surface area contributed by atoms with Crippen LogP contribution in [0, 0.1) is 0 Å². The van der Waals surface area contributed by atoms with Crippen LogP contribution in [0.1, 0.15) is 78.0 Å². The molecule has 0 aliphatic carbocycles. The van der Waals surface area contributed by atoms with Crippen LogP contribution in [0.3, 0.4) is 0 Å². The molecule has 0 unspecified atom stereocenters. The standard InChI is InChI=1S/C10H14O.C10H14.C5H8.C3H6O.C2H6/c1-8(2)9-4-6-10(11-3)7-5-9;1-3-9-5-7-10(4-2)8-6-9;1-3-5-4-2;1-3(2)4;1-2/h4-8H,1-3H3;5-8H,3-4H2,1-2H3;3-5H,1H2,2H3;4H,1H2,2H3;1-2H3/b;;5-4-;;. The van der Waals surface area contributed by atoms with Gasteiger partial charge in [0, 0.05) is 0 Å². The van der Waals surface area contributed by atoms with E-state index in [9.17, 15) is 0 Å². The minimum Gasteiger partial charge on any atom is -0.513 e. The Morgan fingerprint density at radius 3 is 1.50 bits per heavy atom. The summed E-state index contributed by atoms with van der Waals surface area (Å²) in [5, 5.41) is 7.86. The first-order valence-electron chi connectivity index (χ1n) is 11.5. The first-order valence-corrected chi connectivity index (χ1v) is 11.5. The zero-order chi connectivity index (χ0) is 25.4. The molecule has 0 saturated carbocycles. The van der Waals surface area contributed by atoms with E-state index < -0.39 is 0 Å². The van der Waals surface area contributed by atoms with E-state index in [0.717, 1.165) is 18.6 Å². The maximum Gasteiger partial charge on any atom is 0.118 e. The number of aliphatic hydroxyl groups excluding tert-OH is 1. The Kier molecular flexibility index (Phi) is 26.0. The third kappa shape index (κ3) is 22.0. The van der Waals surface area contributed by atoms with Crippen LogP contribution >= 0.6 is 0 Å². The van der Waals surface area contributed by atoms with Crippen molar-refractivity contribution < 1.29 is 9.84 Å². The Morgan fingerprint density at radius 1 is 0.938 bits per heavy atom. The number of ether oxygens (including phenoxy) is 1. The second-order valence-electron chi connectivity index (χ2n) is 6.95. The first kappa shape index (κ1) is 33.9. The van der Waals surface area contributed by atoms with Crippen LogP contribution in [0.4, 0.5) is 0 Å². The van der Waals surface area contributed by atoms with Crippen molar-refractivity contribution in [2.75, 3.05) is 7.11 Å². The fourth-order valence-electron chi connectivity index (χ4n) is 2.14. The summed E-state index contributed by atoms with van der Waals surface area (Å²) in [6.07, 6.45) is 7.86. The van der Waals surface area contributed by atoms with Gasteiger partial charge in [0.05, 0.1) is 12.9 Å². The molecule has 0 spiro atoms. The minimum absolute atomic E-state index is 0.167. The molecule has 0 atom stereocenters. The summed E-state index contributed by atoms with van der Waals surface area (Å²) in [5.41, 5.74) is 4.21. The number of methoxy groups -OCH3 is 1. The van der Waals surface area contributed by atoms with Crippen molar-refractivity contribution in [3.63, 3.8) is 0 Å². The molecule has 1 N–H and O–H groups in total. The normalized spacial score (nSPS) is 8.94. The Balaban J connectivity index is -0.000000367. The molecule has 0 fully saturated rings. The molecule has 0 aromatic heterocycles. The van der Waals surface area contributed by atoms with Crippen molar-refractivity contribution in [2.45, 2.75) is 74.1 Å². The van der Waals surface area contributed by atoms with Gasteiger partial charge in [-0.15, -0.1) is 0 Å². The number of allylic oxidation sites excluding steroid dienone is 4. The van der Waals surface area contributed by atoms with Gasteiger partial charge in [-0.05, 0) is 61.4 Å². The van der Waals surface area contributed by atoms with Gasteiger partial charge in [-0.2, -0.15) is 0 Å². The quantitative estimate of drug-likeness (QED) is 0.370. The molecule has 0 saturated heterocycles. The van der Waals surface area contributed by atoms with Gasteiger partial charge in [0.1, 0.15) is 5.75 Å². The van der Waals surface area contributed by atoms with Crippen LogP contribution in [-0.2, 0) is 12.8 Å². The average molecular weight is 441 g/mol. The number of hydrogen-bond acceptors (Lipinski definition) is 2.